The van der Waals surface area contributed by atoms with Gasteiger partial charge in [-0.1, -0.05) is 0 Å². The summed E-state index contributed by atoms with van der Waals surface area (Å²) in [6.45, 7) is 0. The Morgan fingerprint density at radius 2 is 1.81 bits per heavy atom. The first-order chi connectivity index (χ1) is 13.1. The van der Waals surface area contributed by atoms with Crippen LogP contribution in [-0.4, -0.2) is 34.4 Å². The van der Waals surface area contributed by atoms with E-state index < -0.39 is 0 Å². The number of benzene rings is 1. The first-order valence-electron chi connectivity index (χ1n) is 8.49. The number of hydrogen-bond donors (Lipinski definition) is 3. The number of halogens is 1. The maximum absolute atomic E-state index is 5.29. The van der Waals surface area contributed by atoms with Crippen molar-refractivity contribution in [2.24, 2.45) is 0 Å². The van der Waals surface area contributed by atoms with Crippen molar-refractivity contribution in [2.45, 2.75) is 18.8 Å². The van der Waals surface area contributed by atoms with Gasteiger partial charge in [-0.2, -0.15) is 10.1 Å². The molecule has 1 aromatic carbocycles. The smallest absolute Gasteiger partial charge is 0.229 e. The molecule has 0 amide bonds. The van der Waals surface area contributed by atoms with Crippen molar-refractivity contribution in [3.8, 4) is 11.5 Å². The largest absolute Gasteiger partial charge is 0.497 e. The zero-order valence-corrected chi connectivity index (χ0v) is 16.5. The van der Waals surface area contributed by atoms with Gasteiger partial charge in [0.2, 0.25) is 5.95 Å². The number of rotatable bonds is 7. The fourth-order valence-electron chi connectivity index (χ4n) is 2.65. The molecule has 140 valence electrons. The van der Waals surface area contributed by atoms with E-state index in [1.165, 1.54) is 12.8 Å². The quantitative estimate of drug-likeness (QED) is 0.512. The lowest BCUT2D eigenvalue weighted by Crippen LogP contribution is -2.02. The van der Waals surface area contributed by atoms with Gasteiger partial charge >= 0.3 is 0 Å². The summed E-state index contributed by atoms with van der Waals surface area (Å²) >= 11 is 3.47. The molecule has 0 unspecified atom stereocenters. The Morgan fingerprint density at radius 3 is 2.48 bits per heavy atom. The molecule has 1 fully saturated rings. The van der Waals surface area contributed by atoms with Gasteiger partial charge in [0.1, 0.15) is 11.5 Å². The number of aromatic nitrogens is 4. The zero-order chi connectivity index (χ0) is 18.8. The summed E-state index contributed by atoms with van der Waals surface area (Å²) < 4.78 is 11.3. The normalized spacial score (nSPS) is 13.3. The van der Waals surface area contributed by atoms with Crippen LogP contribution in [0.3, 0.4) is 0 Å². The van der Waals surface area contributed by atoms with Crippen molar-refractivity contribution in [1.82, 2.24) is 20.2 Å². The van der Waals surface area contributed by atoms with E-state index in [9.17, 15) is 0 Å². The highest BCUT2D eigenvalue weighted by Gasteiger charge is 2.25. The Kier molecular flexibility index (Phi) is 4.85. The molecule has 3 N–H and O–H groups in total. The number of H-pyrrole nitrogens is 1. The Labute approximate surface area is 164 Å². The van der Waals surface area contributed by atoms with Gasteiger partial charge in [0.25, 0.3) is 0 Å². The summed E-state index contributed by atoms with van der Waals surface area (Å²) in [5, 5.41) is 13.8. The predicted molar refractivity (Wildman–Crippen MR) is 106 cm³/mol. The third-order valence-corrected chi connectivity index (χ3v) is 4.79. The van der Waals surface area contributed by atoms with Crippen LogP contribution in [0.25, 0.3) is 0 Å². The van der Waals surface area contributed by atoms with Gasteiger partial charge in [0.15, 0.2) is 11.6 Å². The molecular formula is C18H19BrN6O2. The zero-order valence-electron chi connectivity index (χ0n) is 14.9. The number of nitrogens with zero attached hydrogens (tertiary/aromatic N) is 3. The molecule has 0 aliphatic heterocycles. The number of hydrogen-bond acceptors (Lipinski definition) is 7. The SMILES string of the molecule is COc1cc(Nc2ncc(Br)c(Nc3cc(C4CC4)[nH]n3)n2)cc(OC)c1. The van der Waals surface area contributed by atoms with E-state index in [4.69, 9.17) is 9.47 Å². The summed E-state index contributed by atoms with van der Waals surface area (Å²) in [6, 6.07) is 7.51. The Bertz CT molecular complexity index is 935. The third-order valence-electron chi connectivity index (χ3n) is 4.21. The van der Waals surface area contributed by atoms with Crippen LogP contribution in [0.5, 0.6) is 11.5 Å². The number of methoxy groups -OCH3 is 2. The number of aromatic amines is 1. The fraction of sp³-hybridized carbons (Fsp3) is 0.278. The van der Waals surface area contributed by atoms with Gasteiger partial charge in [0, 0.05) is 47.8 Å². The van der Waals surface area contributed by atoms with Crippen molar-refractivity contribution in [3.63, 3.8) is 0 Å². The van der Waals surface area contributed by atoms with Crippen LogP contribution >= 0.6 is 15.9 Å². The van der Waals surface area contributed by atoms with E-state index in [1.54, 1.807) is 26.5 Å². The summed E-state index contributed by atoms with van der Waals surface area (Å²) in [5.74, 6) is 3.76. The molecule has 0 atom stereocenters. The molecule has 1 saturated carbocycles. The molecule has 1 aliphatic carbocycles. The summed E-state index contributed by atoms with van der Waals surface area (Å²) in [6.07, 6.45) is 4.12. The highest BCUT2D eigenvalue weighted by molar-refractivity contribution is 9.10. The highest BCUT2D eigenvalue weighted by atomic mass is 79.9. The van der Waals surface area contributed by atoms with Crippen molar-refractivity contribution in [3.05, 3.63) is 40.6 Å². The average molecular weight is 431 g/mol. The van der Waals surface area contributed by atoms with Gasteiger partial charge in [-0.15, -0.1) is 0 Å². The molecule has 8 nitrogen and oxygen atoms in total. The topological polar surface area (TPSA) is 97.0 Å². The van der Waals surface area contributed by atoms with E-state index in [0.29, 0.717) is 29.2 Å². The van der Waals surface area contributed by atoms with Crippen LogP contribution in [0, 0.1) is 0 Å². The van der Waals surface area contributed by atoms with Gasteiger partial charge in [0.05, 0.1) is 18.7 Å². The first kappa shape index (κ1) is 17.6. The molecule has 0 spiro atoms. The standard InChI is InChI=1S/C18H19BrN6O2/c1-26-12-5-11(6-13(7-12)27-2)21-18-20-9-14(19)17(23-18)22-16-8-15(24-25-16)10-3-4-10/h5-10H,3-4H2,1-2H3,(H3,20,21,22,23,24,25). The molecule has 0 saturated heterocycles. The maximum atomic E-state index is 5.29. The minimum absolute atomic E-state index is 0.439. The second-order valence-electron chi connectivity index (χ2n) is 6.22. The molecule has 2 aromatic heterocycles. The fourth-order valence-corrected chi connectivity index (χ4v) is 2.94. The molecule has 3 aromatic rings. The molecule has 0 radical (unpaired) electrons. The second kappa shape index (κ2) is 7.43. The minimum Gasteiger partial charge on any atom is -0.497 e. The van der Waals surface area contributed by atoms with E-state index >= 15 is 0 Å². The number of ether oxygens (including phenoxy) is 2. The molecule has 27 heavy (non-hydrogen) atoms. The maximum Gasteiger partial charge on any atom is 0.229 e. The van der Waals surface area contributed by atoms with E-state index in [2.05, 4.69) is 46.7 Å². The summed E-state index contributed by atoms with van der Waals surface area (Å²) in [5.41, 5.74) is 1.92. The monoisotopic (exact) mass is 430 g/mol. The predicted octanol–water partition coefficient (Wildman–Crippen LogP) is 4.34. The van der Waals surface area contributed by atoms with Gasteiger partial charge in [-0.05, 0) is 28.8 Å². The lowest BCUT2D eigenvalue weighted by molar-refractivity contribution is 0.395. The van der Waals surface area contributed by atoms with Crippen molar-refractivity contribution in [2.75, 3.05) is 24.9 Å². The molecule has 4 rings (SSSR count). The summed E-state index contributed by atoms with van der Waals surface area (Å²) in [4.78, 5) is 8.84. The van der Waals surface area contributed by atoms with E-state index in [1.807, 2.05) is 18.2 Å². The van der Waals surface area contributed by atoms with Crippen LogP contribution in [0.15, 0.2) is 34.9 Å². The van der Waals surface area contributed by atoms with E-state index in [0.717, 1.165) is 21.7 Å². The van der Waals surface area contributed by atoms with Crippen molar-refractivity contribution in [1.29, 1.82) is 0 Å². The molecule has 2 heterocycles. The number of nitrogens with one attached hydrogen (secondary N) is 3. The molecule has 9 heteroatoms. The first-order valence-corrected chi connectivity index (χ1v) is 9.29. The van der Waals surface area contributed by atoms with Crippen molar-refractivity contribution < 1.29 is 9.47 Å². The van der Waals surface area contributed by atoms with Crippen LogP contribution < -0.4 is 20.1 Å². The Hall–Kier alpha value is -2.81. The van der Waals surface area contributed by atoms with Crippen LogP contribution in [-0.2, 0) is 0 Å². The molecular weight excluding hydrogens is 412 g/mol. The van der Waals surface area contributed by atoms with Crippen LogP contribution in [0.1, 0.15) is 24.5 Å². The highest BCUT2D eigenvalue weighted by Crippen LogP contribution is 2.39. The van der Waals surface area contributed by atoms with Gasteiger partial charge in [-0.25, -0.2) is 4.98 Å². The van der Waals surface area contributed by atoms with Crippen molar-refractivity contribution >= 4 is 39.2 Å². The Morgan fingerprint density at radius 1 is 1.07 bits per heavy atom. The van der Waals surface area contributed by atoms with Crippen LogP contribution in [0.2, 0.25) is 0 Å². The van der Waals surface area contributed by atoms with Gasteiger partial charge < -0.3 is 20.1 Å². The lowest BCUT2D eigenvalue weighted by atomic mass is 10.3. The third kappa shape index (κ3) is 4.13. The van der Waals surface area contributed by atoms with E-state index in [-0.39, 0.29) is 0 Å². The van der Waals surface area contributed by atoms with Gasteiger partial charge in [-0.3, -0.25) is 5.10 Å². The minimum atomic E-state index is 0.439. The molecule has 1 aliphatic rings. The second-order valence-corrected chi connectivity index (χ2v) is 7.08. The van der Waals surface area contributed by atoms with Crippen LogP contribution in [0.4, 0.5) is 23.3 Å². The lowest BCUT2D eigenvalue weighted by Gasteiger charge is -2.11. The average Bonchev–Trinajstić information content (AvgIpc) is 3.43. The summed E-state index contributed by atoms with van der Waals surface area (Å²) in [7, 11) is 3.22. The Balaban J connectivity index is 1.54. The molecule has 0 bridgehead atoms. The number of anilines is 4.